The van der Waals surface area contributed by atoms with Crippen LogP contribution in [0.4, 0.5) is 13.2 Å². The van der Waals surface area contributed by atoms with E-state index in [1.807, 2.05) is 20.9 Å². The number of hydrogen-bond donors (Lipinski definition) is 2. The predicted molar refractivity (Wildman–Crippen MR) is 148 cm³/mol. The summed E-state index contributed by atoms with van der Waals surface area (Å²) in [5.41, 5.74) is 1.98. The maximum atomic E-state index is 12.7. The highest BCUT2D eigenvalue weighted by Gasteiger charge is 2.35. The first-order valence-corrected chi connectivity index (χ1v) is 12.9. The highest BCUT2D eigenvalue weighted by Crippen LogP contribution is 2.31. The lowest BCUT2D eigenvalue weighted by atomic mass is 10.00. The lowest BCUT2D eigenvalue weighted by Crippen LogP contribution is -2.60. The maximum absolute atomic E-state index is 12.7. The minimum atomic E-state index is -4.37. The highest BCUT2D eigenvalue weighted by molar-refractivity contribution is 6.35. The molecule has 1 saturated heterocycles. The summed E-state index contributed by atoms with van der Waals surface area (Å²) in [5.74, 6) is -0.946. The molecule has 2 aromatic heterocycles. The minimum Gasteiger partial charge on any atom is -0.421 e. The van der Waals surface area contributed by atoms with Crippen LogP contribution in [0.1, 0.15) is 62.2 Å². The van der Waals surface area contributed by atoms with E-state index in [-0.39, 0.29) is 23.0 Å². The van der Waals surface area contributed by atoms with E-state index >= 15 is 0 Å². The molecule has 220 valence electrons. The number of benzene rings is 1. The Morgan fingerprint density at radius 2 is 1.78 bits per heavy atom. The van der Waals surface area contributed by atoms with Crippen molar-refractivity contribution < 1.29 is 27.5 Å². The van der Waals surface area contributed by atoms with E-state index in [1.54, 1.807) is 11.0 Å². The van der Waals surface area contributed by atoms with Gasteiger partial charge in [0.25, 0.3) is 5.90 Å². The Labute approximate surface area is 236 Å². The Morgan fingerprint density at radius 3 is 2.29 bits per heavy atom. The zero-order valence-electron chi connectivity index (χ0n) is 23.8. The number of rotatable bonds is 3. The molecule has 10 nitrogen and oxygen atoms in total. The minimum absolute atomic E-state index is 0.103. The third kappa shape index (κ3) is 7.54. The molecule has 3 aromatic rings. The molecule has 0 unspecified atom stereocenters. The normalized spacial score (nSPS) is 15.3. The van der Waals surface area contributed by atoms with E-state index in [1.165, 1.54) is 29.8 Å². The molecule has 1 amide bonds. The molecule has 13 heteroatoms. The molecule has 0 radical (unpaired) electrons. The number of aromatic nitrogens is 3. The zero-order valence-corrected chi connectivity index (χ0v) is 23.8. The van der Waals surface area contributed by atoms with Gasteiger partial charge in [0, 0.05) is 43.2 Å². The number of amides is 1. The van der Waals surface area contributed by atoms with Crippen molar-refractivity contribution in [2.24, 2.45) is 0 Å². The Kier molecular flexibility index (Phi) is 9.32. The second-order valence-corrected chi connectivity index (χ2v) is 10.7. The van der Waals surface area contributed by atoms with Crippen molar-refractivity contribution in [2.45, 2.75) is 52.3 Å². The topological polar surface area (TPSA) is 128 Å². The van der Waals surface area contributed by atoms with Gasteiger partial charge in [-0.3, -0.25) is 25.3 Å². The Bertz CT molecular complexity index is 1450. The molecule has 2 N–H and O–H groups in total. The molecule has 1 aliphatic heterocycles. The fraction of sp³-hybridized carbons (Fsp3) is 0.429. The largest absolute Gasteiger partial charge is 0.421 e. The van der Waals surface area contributed by atoms with Crippen LogP contribution in [-0.2, 0) is 15.7 Å². The van der Waals surface area contributed by atoms with E-state index in [0.29, 0.717) is 36.3 Å². The van der Waals surface area contributed by atoms with E-state index < -0.39 is 23.5 Å². The number of nitrogens with zero attached hydrogens (tertiary/aromatic N) is 5. The summed E-state index contributed by atoms with van der Waals surface area (Å²) < 4.78 is 44.3. The fourth-order valence-corrected chi connectivity index (χ4v) is 4.23. The molecule has 1 aromatic carbocycles. The molecule has 0 spiro atoms. The van der Waals surface area contributed by atoms with Gasteiger partial charge >= 0.3 is 12.1 Å². The summed E-state index contributed by atoms with van der Waals surface area (Å²) in [6.45, 7) is 11.4. The van der Waals surface area contributed by atoms with Gasteiger partial charge < -0.3 is 9.64 Å². The molecule has 0 saturated carbocycles. The second kappa shape index (κ2) is 12.2. The number of ether oxygens (including phenoxy) is 1. The lowest BCUT2D eigenvalue weighted by molar-refractivity contribution is -0.137. The van der Waals surface area contributed by atoms with Gasteiger partial charge in [0.05, 0.1) is 17.5 Å². The summed E-state index contributed by atoms with van der Waals surface area (Å²) in [6.07, 6.45) is -2.24. The molecule has 0 bridgehead atoms. The average molecular weight is 574 g/mol. The van der Waals surface area contributed by atoms with Crippen molar-refractivity contribution in [3.8, 4) is 11.3 Å². The van der Waals surface area contributed by atoms with E-state index in [4.69, 9.17) is 15.6 Å². The summed E-state index contributed by atoms with van der Waals surface area (Å²) in [7, 11) is 2.02. The lowest BCUT2D eigenvalue weighted by Gasteiger charge is -2.45. The SMILES string of the molecule is CC(=N)OC(=N)C(=O)N1CCN(C)C(C)(C)C1.CC(C)c1cc(-c2ccc(C(F)(F)F)cc2)nn2cc(C=O)nc12. The van der Waals surface area contributed by atoms with Crippen LogP contribution in [0.25, 0.3) is 16.9 Å². The molecule has 3 heterocycles. The first-order chi connectivity index (χ1) is 19.0. The van der Waals surface area contributed by atoms with Crippen LogP contribution < -0.4 is 0 Å². The zero-order chi connectivity index (χ0) is 30.7. The summed E-state index contributed by atoms with van der Waals surface area (Å²) in [6, 6.07) is 6.63. The van der Waals surface area contributed by atoms with Crippen molar-refractivity contribution in [1.29, 1.82) is 10.8 Å². The number of nitrogens with one attached hydrogen (secondary N) is 2. The second-order valence-electron chi connectivity index (χ2n) is 10.7. The third-order valence-corrected chi connectivity index (χ3v) is 6.78. The van der Waals surface area contributed by atoms with Gasteiger partial charge in [-0.2, -0.15) is 18.3 Å². The van der Waals surface area contributed by atoms with E-state index in [2.05, 4.69) is 28.8 Å². The third-order valence-electron chi connectivity index (χ3n) is 6.78. The number of halogens is 3. The summed E-state index contributed by atoms with van der Waals surface area (Å²) in [5, 5.41) is 18.9. The van der Waals surface area contributed by atoms with Crippen molar-refractivity contribution >= 4 is 29.6 Å². The van der Waals surface area contributed by atoms with Crippen molar-refractivity contribution in [3.05, 3.63) is 53.3 Å². The quantitative estimate of drug-likeness (QED) is 0.261. The van der Waals surface area contributed by atoms with Crippen molar-refractivity contribution in [3.63, 3.8) is 0 Å². The number of alkyl halides is 3. The van der Waals surface area contributed by atoms with Gasteiger partial charge in [0.2, 0.25) is 0 Å². The Balaban J connectivity index is 0.000000241. The summed E-state index contributed by atoms with van der Waals surface area (Å²) in [4.78, 5) is 30.8. The first-order valence-electron chi connectivity index (χ1n) is 12.9. The summed E-state index contributed by atoms with van der Waals surface area (Å²) >= 11 is 0. The molecule has 1 fully saturated rings. The molecule has 1 aliphatic rings. The van der Waals surface area contributed by atoms with Crippen LogP contribution in [0, 0.1) is 10.8 Å². The number of carbonyl (C=O) groups excluding carboxylic acids is 2. The van der Waals surface area contributed by atoms with Crippen molar-refractivity contribution in [1.82, 2.24) is 24.4 Å². The van der Waals surface area contributed by atoms with Gasteiger partial charge in [-0.1, -0.05) is 26.0 Å². The van der Waals surface area contributed by atoms with Crippen molar-refractivity contribution in [2.75, 3.05) is 26.7 Å². The highest BCUT2D eigenvalue weighted by atomic mass is 19.4. The average Bonchev–Trinajstić information content (AvgIpc) is 3.32. The molecule has 0 atom stereocenters. The number of piperazine rings is 1. The molecule has 0 aliphatic carbocycles. The first kappa shape index (κ1) is 31.4. The van der Waals surface area contributed by atoms with Gasteiger partial charge in [-0.15, -0.1) is 0 Å². The van der Waals surface area contributed by atoms with Crippen LogP contribution >= 0.6 is 0 Å². The van der Waals surface area contributed by atoms with Crippen LogP contribution in [-0.4, -0.2) is 80.6 Å². The molecule has 4 rings (SSSR count). The van der Waals surface area contributed by atoms with Crippen LogP contribution in [0.2, 0.25) is 0 Å². The molecular formula is C28H34F3N7O3. The smallest absolute Gasteiger partial charge is 0.416 e. The van der Waals surface area contributed by atoms with Gasteiger partial charge in [-0.25, -0.2) is 9.50 Å². The number of hydrogen-bond acceptors (Lipinski definition) is 8. The molecule has 41 heavy (non-hydrogen) atoms. The number of carbonyl (C=O) groups is 2. The fourth-order valence-electron chi connectivity index (χ4n) is 4.23. The van der Waals surface area contributed by atoms with Gasteiger partial charge in [-0.05, 0) is 45.0 Å². The van der Waals surface area contributed by atoms with Crippen LogP contribution in [0.5, 0.6) is 0 Å². The van der Waals surface area contributed by atoms with Crippen LogP contribution in [0.3, 0.4) is 0 Å². The Hall–Kier alpha value is -4.13. The maximum Gasteiger partial charge on any atom is 0.416 e. The number of imidazole rings is 1. The van der Waals surface area contributed by atoms with Crippen LogP contribution in [0.15, 0.2) is 36.5 Å². The number of aldehydes is 1. The predicted octanol–water partition coefficient (Wildman–Crippen LogP) is 4.88. The number of fused-ring (bicyclic) bond motifs is 1. The van der Waals surface area contributed by atoms with E-state index in [0.717, 1.165) is 24.2 Å². The van der Waals surface area contributed by atoms with Gasteiger partial charge in [0.1, 0.15) is 5.69 Å². The Morgan fingerprint density at radius 1 is 1.15 bits per heavy atom. The monoisotopic (exact) mass is 573 g/mol. The standard InChI is InChI=1S/C17H14F3N3O.C11H20N4O2/c1-10(2)14-7-15(22-23-8-13(9-24)21-16(14)23)11-3-5-12(6-4-11)17(18,19)20;1-8(12)17-9(13)10(16)15-6-5-14(4)11(2,3)7-15/h3-10H,1-2H3;12-13H,5-7H2,1-4H3. The van der Waals surface area contributed by atoms with Gasteiger partial charge in [0.15, 0.2) is 17.8 Å². The number of likely N-dealkylation sites (N-methyl/N-ethyl adjacent to an activating group) is 1. The molecular weight excluding hydrogens is 539 g/mol. The van der Waals surface area contributed by atoms with E-state index in [9.17, 15) is 22.8 Å².